The first kappa shape index (κ1) is 15.5. The summed E-state index contributed by atoms with van der Waals surface area (Å²) in [6, 6.07) is 9.62. The van der Waals surface area contributed by atoms with Gasteiger partial charge in [0.25, 0.3) is 0 Å². The maximum absolute atomic E-state index is 12.7. The van der Waals surface area contributed by atoms with E-state index in [0.29, 0.717) is 12.1 Å². The molecule has 1 N–H and O–H groups in total. The molecule has 0 aliphatic rings. The van der Waals surface area contributed by atoms with Gasteiger partial charge in [0.05, 0.1) is 19.3 Å². The zero-order chi connectivity index (χ0) is 15.3. The van der Waals surface area contributed by atoms with Crippen LogP contribution >= 0.6 is 0 Å². The quantitative estimate of drug-likeness (QED) is 0.797. The van der Waals surface area contributed by atoms with Gasteiger partial charge >= 0.3 is 12.3 Å². The van der Waals surface area contributed by atoms with E-state index in [1.807, 2.05) is 30.3 Å². The summed E-state index contributed by atoms with van der Waals surface area (Å²) in [5.74, 6) is -4.01. The van der Waals surface area contributed by atoms with Crippen molar-refractivity contribution in [3.63, 3.8) is 0 Å². The van der Waals surface area contributed by atoms with Gasteiger partial charge in [0, 0.05) is 18.3 Å². The third-order valence-corrected chi connectivity index (χ3v) is 2.88. The van der Waals surface area contributed by atoms with Gasteiger partial charge in [-0.1, -0.05) is 30.3 Å². The van der Waals surface area contributed by atoms with Crippen molar-refractivity contribution >= 4 is 0 Å². The number of alkyl halides is 4. The SMILES string of the molecule is FC(F)C(F)(F)CNCc1cnn(Cc2ccccc2)c1. The maximum atomic E-state index is 12.7. The standard InChI is InChI=1S/C14H15F4N3/c15-13(16)14(17,18)10-19-6-12-7-20-21(9-12)8-11-4-2-1-3-5-11/h1-5,7,9,13,19H,6,8,10H2. The van der Waals surface area contributed by atoms with Gasteiger partial charge in [0.15, 0.2) is 0 Å². The molecule has 1 aromatic carbocycles. The van der Waals surface area contributed by atoms with E-state index in [-0.39, 0.29) is 6.54 Å². The Kier molecular flexibility index (Phi) is 4.95. The molecule has 0 bridgehead atoms. The number of halogens is 4. The van der Waals surface area contributed by atoms with Crippen LogP contribution in [0.1, 0.15) is 11.1 Å². The van der Waals surface area contributed by atoms with Gasteiger partial charge in [0.2, 0.25) is 0 Å². The number of aromatic nitrogens is 2. The van der Waals surface area contributed by atoms with Crippen molar-refractivity contribution in [2.45, 2.75) is 25.4 Å². The summed E-state index contributed by atoms with van der Waals surface area (Å²) in [7, 11) is 0. The second kappa shape index (κ2) is 6.71. The van der Waals surface area contributed by atoms with E-state index in [4.69, 9.17) is 0 Å². The lowest BCUT2D eigenvalue weighted by Crippen LogP contribution is -2.38. The molecule has 0 spiro atoms. The molecule has 114 valence electrons. The molecule has 0 amide bonds. The highest BCUT2D eigenvalue weighted by Gasteiger charge is 2.39. The summed E-state index contributed by atoms with van der Waals surface area (Å²) in [5, 5.41) is 6.42. The summed E-state index contributed by atoms with van der Waals surface area (Å²) in [4.78, 5) is 0. The molecule has 0 atom stereocenters. The summed E-state index contributed by atoms with van der Waals surface area (Å²) >= 11 is 0. The molecule has 0 aliphatic carbocycles. The highest BCUT2D eigenvalue weighted by Crippen LogP contribution is 2.21. The lowest BCUT2D eigenvalue weighted by Gasteiger charge is -2.15. The Bertz CT molecular complexity index is 554. The minimum atomic E-state index is -4.01. The van der Waals surface area contributed by atoms with Crippen LogP contribution in [0.25, 0.3) is 0 Å². The van der Waals surface area contributed by atoms with Crippen LogP contribution in [-0.2, 0) is 13.1 Å². The maximum Gasteiger partial charge on any atom is 0.319 e. The summed E-state index contributed by atoms with van der Waals surface area (Å²) in [5.41, 5.74) is 1.72. The van der Waals surface area contributed by atoms with Gasteiger partial charge in [-0.15, -0.1) is 0 Å². The lowest BCUT2D eigenvalue weighted by atomic mass is 10.2. The minimum Gasteiger partial charge on any atom is -0.307 e. The Labute approximate surface area is 119 Å². The van der Waals surface area contributed by atoms with Crippen LogP contribution in [-0.4, -0.2) is 28.7 Å². The van der Waals surface area contributed by atoms with E-state index >= 15 is 0 Å². The van der Waals surface area contributed by atoms with Crippen molar-refractivity contribution in [2.75, 3.05) is 6.54 Å². The highest BCUT2D eigenvalue weighted by atomic mass is 19.3. The van der Waals surface area contributed by atoms with E-state index in [2.05, 4.69) is 10.4 Å². The van der Waals surface area contributed by atoms with E-state index in [9.17, 15) is 17.6 Å². The second-order valence-corrected chi connectivity index (χ2v) is 4.70. The number of hydrogen-bond acceptors (Lipinski definition) is 2. The zero-order valence-corrected chi connectivity index (χ0v) is 11.1. The molecule has 2 aromatic rings. The first-order valence-corrected chi connectivity index (χ1v) is 6.39. The molecule has 7 heteroatoms. The molecule has 3 nitrogen and oxygen atoms in total. The molecule has 0 fully saturated rings. The Morgan fingerprint density at radius 2 is 1.86 bits per heavy atom. The van der Waals surface area contributed by atoms with Crippen LogP contribution in [0, 0.1) is 0 Å². The van der Waals surface area contributed by atoms with Crippen LogP contribution in [0.4, 0.5) is 17.6 Å². The van der Waals surface area contributed by atoms with Crippen molar-refractivity contribution in [2.24, 2.45) is 0 Å². The normalized spacial score (nSPS) is 12.0. The third kappa shape index (κ3) is 4.56. The Morgan fingerprint density at radius 3 is 2.52 bits per heavy atom. The van der Waals surface area contributed by atoms with Crippen molar-refractivity contribution in [3.8, 4) is 0 Å². The minimum absolute atomic E-state index is 0.0666. The fourth-order valence-corrected chi connectivity index (χ4v) is 1.81. The smallest absolute Gasteiger partial charge is 0.307 e. The molecule has 0 saturated heterocycles. The monoisotopic (exact) mass is 301 g/mol. The molecule has 0 saturated carbocycles. The van der Waals surface area contributed by atoms with Crippen molar-refractivity contribution < 1.29 is 17.6 Å². The molecule has 0 radical (unpaired) electrons. The molecular formula is C14H15F4N3. The summed E-state index contributed by atoms with van der Waals surface area (Å²) < 4.78 is 51.0. The number of nitrogens with one attached hydrogen (secondary N) is 1. The predicted molar refractivity (Wildman–Crippen MR) is 70.4 cm³/mol. The van der Waals surface area contributed by atoms with Crippen LogP contribution in [0.15, 0.2) is 42.7 Å². The van der Waals surface area contributed by atoms with Gasteiger partial charge in [-0.2, -0.15) is 13.9 Å². The van der Waals surface area contributed by atoms with E-state index < -0.39 is 18.9 Å². The largest absolute Gasteiger partial charge is 0.319 e. The van der Waals surface area contributed by atoms with Crippen molar-refractivity contribution in [1.29, 1.82) is 0 Å². The second-order valence-electron chi connectivity index (χ2n) is 4.70. The Hall–Kier alpha value is -1.89. The van der Waals surface area contributed by atoms with Gasteiger partial charge < -0.3 is 5.32 Å². The Morgan fingerprint density at radius 1 is 1.14 bits per heavy atom. The Balaban J connectivity index is 1.84. The number of rotatable bonds is 7. The van der Waals surface area contributed by atoms with Crippen LogP contribution in [0.3, 0.4) is 0 Å². The highest BCUT2D eigenvalue weighted by molar-refractivity contribution is 5.15. The van der Waals surface area contributed by atoms with Crippen LogP contribution in [0.2, 0.25) is 0 Å². The molecule has 21 heavy (non-hydrogen) atoms. The van der Waals surface area contributed by atoms with Crippen LogP contribution < -0.4 is 5.32 Å². The summed E-state index contributed by atoms with van der Waals surface area (Å²) in [6.07, 6.45) is -0.442. The molecule has 0 unspecified atom stereocenters. The molecule has 1 aromatic heterocycles. The first-order valence-electron chi connectivity index (χ1n) is 6.39. The first-order chi connectivity index (χ1) is 9.97. The van der Waals surface area contributed by atoms with E-state index in [1.54, 1.807) is 10.9 Å². The number of nitrogens with zero attached hydrogens (tertiary/aromatic N) is 2. The van der Waals surface area contributed by atoms with Gasteiger partial charge in [-0.3, -0.25) is 4.68 Å². The van der Waals surface area contributed by atoms with Crippen LogP contribution in [0.5, 0.6) is 0 Å². The average molecular weight is 301 g/mol. The average Bonchev–Trinajstić information content (AvgIpc) is 2.87. The topological polar surface area (TPSA) is 29.9 Å². The number of benzene rings is 1. The lowest BCUT2D eigenvalue weighted by molar-refractivity contribution is -0.125. The number of hydrogen-bond donors (Lipinski definition) is 1. The molecular weight excluding hydrogens is 286 g/mol. The fourth-order valence-electron chi connectivity index (χ4n) is 1.81. The van der Waals surface area contributed by atoms with Gasteiger partial charge in [-0.05, 0) is 5.56 Å². The van der Waals surface area contributed by atoms with Gasteiger partial charge in [0.1, 0.15) is 0 Å². The van der Waals surface area contributed by atoms with Crippen molar-refractivity contribution in [3.05, 3.63) is 53.9 Å². The predicted octanol–water partition coefficient (Wildman–Crippen LogP) is 2.92. The van der Waals surface area contributed by atoms with E-state index in [1.165, 1.54) is 6.20 Å². The third-order valence-electron chi connectivity index (χ3n) is 2.88. The van der Waals surface area contributed by atoms with Gasteiger partial charge in [-0.25, -0.2) is 8.78 Å². The van der Waals surface area contributed by atoms with E-state index in [0.717, 1.165) is 5.56 Å². The molecule has 1 heterocycles. The molecule has 2 rings (SSSR count). The molecule has 0 aliphatic heterocycles. The summed E-state index contributed by atoms with van der Waals surface area (Å²) in [6.45, 7) is -0.431. The zero-order valence-electron chi connectivity index (χ0n) is 11.1. The van der Waals surface area contributed by atoms with Crippen molar-refractivity contribution in [1.82, 2.24) is 15.1 Å². The fraction of sp³-hybridized carbons (Fsp3) is 0.357.